The van der Waals surface area contributed by atoms with Crippen LogP contribution in [-0.4, -0.2) is 28.7 Å². The molecule has 1 rings (SSSR count). The molecule has 0 saturated carbocycles. The molecule has 0 aromatic heterocycles. The lowest BCUT2D eigenvalue weighted by Crippen LogP contribution is -2.32. The quantitative estimate of drug-likeness (QED) is 0.537. The maximum Gasteiger partial charge on any atom is 0.299 e. The highest BCUT2D eigenvalue weighted by molar-refractivity contribution is 9.10. The molecule has 6 nitrogen and oxygen atoms in total. The van der Waals surface area contributed by atoms with Crippen LogP contribution in [0.15, 0.2) is 16.6 Å². The standard InChI is InChI=1S/C10H16BrN3O3S/c1-7-5-8(11)10(6-9(7)12)14-18(15,16)13-3-4-17-2/h5-6,13-14H,3-4,12H2,1-2H3. The summed E-state index contributed by atoms with van der Waals surface area (Å²) < 4.78 is 33.5. The summed E-state index contributed by atoms with van der Waals surface area (Å²) in [6.45, 7) is 2.35. The minimum atomic E-state index is -3.62. The Labute approximate surface area is 115 Å². The molecule has 0 fully saturated rings. The van der Waals surface area contributed by atoms with E-state index >= 15 is 0 Å². The van der Waals surface area contributed by atoms with Gasteiger partial charge in [0.25, 0.3) is 10.2 Å². The monoisotopic (exact) mass is 337 g/mol. The third kappa shape index (κ3) is 4.45. The van der Waals surface area contributed by atoms with Gasteiger partial charge in [0, 0.05) is 23.8 Å². The lowest BCUT2D eigenvalue weighted by atomic mass is 10.2. The Balaban J connectivity index is 2.81. The molecule has 102 valence electrons. The Morgan fingerprint density at radius 1 is 1.44 bits per heavy atom. The molecule has 0 heterocycles. The second kappa shape index (κ2) is 6.37. The van der Waals surface area contributed by atoms with Crippen molar-refractivity contribution in [2.75, 3.05) is 30.7 Å². The molecule has 0 aliphatic rings. The molecule has 0 spiro atoms. The molecule has 0 amide bonds. The van der Waals surface area contributed by atoms with Crippen molar-refractivity contribution >= 4 is 37.5 Å². The van der Waals surface area contributed by atoms with E-state index < -0.39 is 10.2 Å². The van der Waals surface area contributed by atoms with E-state index in [1.54, 1.807) is 12.1 Å². The Bertz CT molecular complexity index is 519. The summed E-state index contributed by atoms with van der Waals surface area (Å²) in [6, 6.07) is 3.32. The van der Waals surface area contributed by atoms with Gasteiger partial charge < -0.3 is 10.5 Å². The summed E-state index contributed by atoms with van der Waals surface area (Å²) in [7, 11) is -2.13. The maximum absolute atomic E-state index is 11.7. The van der Waals surface area contributed by atoms with Gasteiger partial charge in [0.1, 0.15) is 0 Å². The predicted octanol–water partition coefficient (Wildman–Crippen LogP) is 1.23. The van der Waals surface area contributed by atoms with Gasteiger partial charge >= 0.3 is 0 Å². The number of anilines is 2. The number of hydrogen-bond acceptors (Lipinski definition) is 4. The van der Waals surface area contributed by atoms with Crippen LogP contribution in [0.5, 0.6) is 0 Å². The van der Waals surface area contributed by atoms with Crippen molar-refractivity contribution in [2.24, 2.45) is 0 Å². The van der Waals surface area contributed by atoms with E-state index in [-0.39, 0.29) is 6.54 Å². The third-order valence-electron chi connectivity index (χ3n) is 2.20. The number of rotatable bonds is 6. The number of halogens is 1. The molecular weight excluding hydrogens is 322 g/mol. The van der Waals surface area contributed by atoms with Crippen LogP contribution in [0.2, 0.25) is 0 Å². The van der Waals surface area contributed by atoms with E-state index in [2.05, 4.69) is 25.4 Å². The predicted molar refractivity (Wildman–Crippen MR) is 75.7 cm³/mol. The van der Waals surface area contributed by atoms with Crippen molar-refractivity contribution < 1.29 is 13.2 Å². The highest BCUT2D eigenvalue weighted by Crippen LogP contribution is 2.28. The van der Waals surface area contributed by atoms with Crippen molar-refractivity contribution in [3.63, 3.8) is 0 Å². The summed E-state index contributed by atoms with van der Waals surface area (Å²) in [4.78, 5) is 0. The highest BCUT2D eigenvalue weighted by atomic mass is 79.9. The number of ether oxygens (including phenoxy) is 1. The molecule has 0 aliphatic carbocycles. The fraction of sp³-hybridized carbons (Fsp3) is 0.400. The van der Waals surface area contributed by atoms with E-state index in [0.29, 0.717) is 22.5 Å². The van der Waals surface area contributed by atoms with Crippen molar-refractivity contribution in [3.05, 3.63) is 22.2 Å². The summed E-state index contributed by atoms with van der Waals surface area (Å²) in [6.07, 6.45) is 0. The first-order valence-corrected chi connectivity index (χ1v) is 7.45. The van der Waals surface area contributed by atoms with Crippen LogP contribution in [0.25, 0.3) is 0 Å². The normalized spacial score (nSPS) is 11.5. The van der Waals surface area contributed by atoms with Crippen LogP contribution in [-0.2, 0) is 14.9 Å². The van der Waals surface area contributed by atoms with Gasteiger partial charge in [-0.1, -0.05) is 0 Å². The second-order valence-electron chi connectivity index (χ2n) is 3.68. The molecule has 0 saturated heterocycles. The number of nitrogen functional groups attached to an aromatic ring is 1. The zero-order chi connectivity index (χ0) is 13.8. The van der Waals surface area contributed by atoms with Gasteiger partial charge in [-0.2, -0.15) is 13.1 Å². The zero-order valence-electron chi connectivity index (χ0n) is 10.2. The molecule has 18 heavy (non-hydrogen) atoms. The molecular formula is C10H16BrN3O3S. The minimum absolute atomic E-state index is 0.199. The second-order valence-corrected chi connectivity index (χ2v) is 6.04. The lowest BCUT2D eigenvalue weighted by molar-refractivity contribution is 0.204. The first-order valence-electron chi connectivity index (χ1n) is 5.17. The van der Waals surface area contributed by atoms with Gasteiger partial charge in [-0.25, -0.2) is 0 Å². The van der Waals surface area contributed by atoms with E-state index in [4.69, 9.17) is 10.5 Å². The summed E-state index contributed by atoms with van der Waals surface area (Å²) >= 11 is 3.28. The fourth-order valence-electron chi connectivity index (χ4n) is 1.23. The Morgan fingerprint density at radius 2 is 2.11 bits per heavy atom. The number of aryl methyl sites for hydroxylation is 1. The topological polar surface area (TPSA) is 93.4 Å². The average molecular weight is 338 g/mol. The van der Waals surface area contributed by atoms with E-state index in [0.717, 1.165) is 5.56 Å². The SMILES string of the molecule is COCCNS(=O)(=O)Nc1cc(N)c(C)cc1Br. The van der Waals surface area contributed by atoms with E-state index in [9.17, 15) is 8.42 Å². The van der Waals surface area contributed by atoms with Gasteiger partial charge in [-0.15, -0.1) is 0 Å². The Morgan fingerprint density at radius 3 is 2.72 bits per heavy atom. The highest BCUT2D eigenvalue weighted by Gasteiger charge is 2.12. The van der Waals surface area contributed by atoms with Crippen molar-refractivity contribution in [1.82, 2.24) is 4.72 Å². The molecule has 0 aliphatic heterocycles. The van der Waals surface area contributed by atoms with E-state index in [1.807, 2.05) is 6.92 Å². The first kappa shape index (κ1) is 15.2. The molecule has 8 heteroatoms. The van der Waals surface area contributed by atoms with Crippen molar-refractivity contribution in [3.8, 4) is 0 Å². The smallest absolute Gasteiger partial charge is 0.299 e. The number of methoxy groups -OCH3 is 1. The number of nitrogens with two attached hydrogens (primary N) is 1. The fourth-order valence-corrected chi connectivity index (χ4v) is 2.80. The van der Waals surface area contributed by atoms with Crippen molar-refractivity contribution in [2.45, 2.75) is 6.92 Å². The summed E-state index contributed by atoms with van der Waals surface area (Å²) in [5.41, 5.74) is 7.52. The largest absolute Gasteiger partial charge is 0.398 e. The molecule has 1 aromatic rings. The molecule has 0 bridgehead atoms. The van der Waals surface area contributed by atoms with Crippen LogP contribution >= 0.6 is 15.9 Å². The van der Waals surface area contributed by atoms with Crippen LogP contribution < -0.4 is 15.2 Å². The van der Waals surface area contributed by atoms with Crippen LogP contribution in [0.1, 0.15) is 5.56 Å². The average Bonchev–Trinajstić information content (AvgIpc) is 2.26. The van der Waals surface area contributed by atoms with E-state index in [1.165, 1.54) is 7.11 Å². The van der Waals surface area contributed by atoms with Gasteiger partial charge in [-0.3, -0.25) is 4.72 Å². The Kier molecular flexibility index (Phi) is 5.39. The molecule has 4 N–H and O–H groups in total. The third-order valence-corrected chi connectivity index (χ3v) is 3.93. The van der Waals surface area contributed by atoms with Gasteiger partial charge in [-0.05, 0) is 40.5 Å². The molecule has 0 unspecified atom stereocenters. The maximum atomic E-state index is 11.7. The molecule has 0 atom stereocenters. The number of benzene rings is 1. The zero-order valence-corrected chi connectivity index (χ0v) is 12.6. The van der Waals surface area contributed by atoms with Crippen LogP contribution in [0, 0.1) is 6.92 Å². The van der Waals surface area contributed by atoms with Crippen LogP contribution in [0.3, 0.4) is 0 Å². The molecule has 1 aromatic carbocycles. The summed E-state index contributed by atoms with van der Waals surface area (Å²) in [5.74, 6) is 0. The minimum Gasteiger partial charge on any atom is -0.398 e. The number of hydrogen-bond donors (Lipinski definition) is 3. The van der Waals surface area contributed by atoms with Crippen LogP contribution in [0.4, 0.5) is 11.4 Å². The molecule has 0 radical (unpaired) electrons. The van der Waals surface area contributed by atoms with Crippen molar-refractivity contribution in [1.29, 1.82) is 0 Å². The summed E-state index contributed by atoms with van der Waals surface area (Å²) in [5, 5.41) is 0. The first-order chi connectivity index (χ1) is 8.35. The Hall–Kier alpha value is -0.830. The van der Waals surface area contributed by atoms with Gasteiger partial charge in [0.05, 0.1) is 12.3 Å². The lowest BCUT2D eigenvalue weighted by Gasteiger charge is -2.12. The van der Waals surface area contributed by atoms with Gasteiger partial charge in [0.15, 0.2) is 0 Å². The number of nitrogens with one attached hydrogen (secondary N) is 2. The van der Waals surface area contributed by atoms with Gasteiger partial charge in [0.2, 0.25) is 0 Å².